The molecule has 0 rings (SSSR count). The Morgan fingerprint density at radius 1 is 0.577 bits per heavy atom. The number of hydrogen-bond acceptors (Lipinski definition) is 5. The average Bonchev–Trinajstić information content (AvgIpc) is 3.13. The van der Waals surface area contributed by atoms with Gasteiger partial charge >= 0.3 is 11.9 Å². The van der Waals surface area contributed by atoms with Crippen LogP contribution in [0.5, 0.6) is 0 Å². The summed E-state index contributed by atoms with van der Waals surface area (Å²) in [6.45, 7) is 4.92. The first-order valence-corrected chi connectivity index (χ1v) is 21.8. The maximum Gasteiger partial charge on any atom is 0.326 e. The molecule has 0 aromatic rings. The lowest BCUT2D eigenvalue weighted by molar-refractivity contribution is -0.147. The van der Waals surface area contributed by atoms with Crippen molar-refractivity contribution < 1.29 is 24.2 Å². The molecule has 302 valence electrons. The molecule has 4 N–H and O–H groups in total. The Bertz CT molecular complexity index is 915. The van der Waals surface area contributed by atoms with E-state index < -0.39 is 12.0 Å². The van der Waals surface area contributed by atoms with Gasteiger partial charge in [-0.25, -0.2) is 4.79 Å². The van der Waals surface area contributed by atoms with Crippen LogP contribution in [-0.4, -0.2) is 41.6 Å². The zero-order chi connectivity index (χ0) is 38.2. The summed E-state index contributed by atoms with van der Waals surface area (Å²) in [7, 11) is 0. The monoisotopic (exact) mass is 731 g/mol. The Hall–Kier alpha value is -2.41. The lowest BCUT2D eigenvalue weighted by atomic mass is 10.0. The predicted molar refractivity (Wildman–Crippen MR) is 220 cm³/mol. The molecule has 0 aromatic heterocycles. The number of carboxylic acid groups (broad SMARTS) is 1. The summed E-state index contributed by atoms with van der Waals surface area (Å²) in [5, 5.41) is 11.9. The van der Waals surface area contributed by atoms with E-state index in [4.69, 9.17) is 10.5 Å². The fraction of sp³-hybridized carbons (Fsp3) is 0.800. The molecule has 7 heteroatoms. The highest BCUT2D eigenvalue weighted by Crippen LogP contribution is 2.16. The molecule has 0 spiro atoms. The lowest BCUT2D eigenvalue weighted by Gasteiger charge is -2.15. The molecule has 0 heterocycles. The summed E-state index contributed by atoms with van der Waals surface area (Å²) in [5.41, 5.74) is 5.47. The Morgan fingerprint density at radius 3 is 1.62 bits per heavy atom. The van der Waals surface area contributed by atoms with Gasteiger partial charge in [-0.3, -0.25) is 9.59 Å². The smallest absolute Gasteiger partial charge is 0.326 e. The van der Waals surface area contributed by atoms with Crippen molar-refractivity contribution in [1.29, 1.82) is 0 Å². The molecular weight excluding hydrogens is 649 g/mol. The maximum atomic E-state index is 12.7. The van der Waals surface area contributed by atoms with Crippen molar-refractivity contribution in [2.24, 2.45) is 5.73 Å². The molecule has 2 unspecified atom stereocenters. The first-order valence-electron chi connectivity index (χ1n) is 21.8. The van der Waals surface area contributed by atoms with Crippen LogP contribution in [0.3, 0.4) is 0 Å². The number of esters is 1. The molecule has 0 aliphatic heterocycles. The topological polar surface area (TPSA) is 119 Å². The van der Waals surface area contributed by atoms with Gasteiger partial charge in [-0.2, -0.15) is 0 Å². The van der Waals surface area contributed by atoms with Crippen LogP contribution in [0.15, 0.2) is 36.5 Å². The van der Waals surface area contributed by atoms with Gasteiger partial charge in [0, 0.05) is 12.8 Å². The Kier molecular flexibility index (Phi) is 37.9. The Balaban J connectivity index is 4.30. The Labute approximate surface area is 320 Å². The summed E-state index contributed by atoms with van der Waals surface area (Å²) < 4.78 is 5.94. The fourth-order valence-corrected chi connectivity index (χ4v) is 6.34. The second kappa shape index (κ2) is 39.8. The highest BCUT2D eigenvalue weighted by molar-refractivity contribution is 5.83. The van der Waals surface area contributed by atoms with E-state index in [9.17, 15) is 19.5 Å². The second-order valence-corrected chi connectivity index (χ2v) is 14.7. The quantitative estimate of drug-likeness (QED) is 0.0329. The van der Waals surface area contributed by atoms with E-state index in [-0.39, 0.29) is 18.0 Å². The largest absolute Gasteiger partial charge is 0.480 e. The van der Waals surface area contributed by atoms with Gasteiger partial charge in [-0.15, -0.1) is 0 Å². The van der Waals surface area contributed by atoms with Gasteiger partial charge in [-0.05, 0) is 96.1 Å². The van der Waals surface area contributed by atoms with Crippen molar-refractivity contribution in [1.82, 2.24) is 5.32 Å². The van der Waals surface area contributed by atoms with Crippen molar-refractivity contribution in [3.05, 3.63) is 36.5 Å². The maximum absolute atomic E-state index is 12.7. The van der Waals surface area contributed by atoms with Crippen molar-refractivity contribution in [2.75, 3.05) is 6.54 Å². The number of carbonyl (C=O) groups is 3. The van der Waals surface area contributed by atoms with E-state index in [1.54, 1.807) is 0 Å². The van der Waals surface area contributed by atoms with Crippen molar-refractivity contribution in [3.8, 4) is 0 Å². The standard InChI is InChI=1S/C45H82N2O5/c1-3-5-7-9-11-13-14-15-16-17-18-19-21-23-29-33-39-44(49)52-41(35-30-26-22-20-12-10-8-6-4-2)36-31-27-24-25-28-32-38-43(48)47-42(45(50)51)37-34-40-46/h16-17,20,22,30,35,41-42H,3-15,18-19,21,23-29,31-34,36-40,46H2,1-2H3,(H,47,48)(H,50,51)/b17-16-,22-20-,35-30-. The third kappa shape index (κ3) is 36.0. The fourth-order valence-electron chi connectivity index (χ4n) is 6.34. The van der Waals surface area contributed by atoms with Crippen molar-refractivity contribution >= 4 is 17.8 Å². The molecule has 0 radical (unpaired) electrons. The number of rotatable bonds is 39. The minimum atomic E-state index is -1.01. The molecule has 0 aliphatic carbocycles. The number of aliphatic carboxylic acids is 1. The molecule has 1 amide bonds. The van der Waals surface area contributed by atoms with Gasteiger partial charge in [0.05, 0.1) is 0 Å². The van der Waals surface area contributed by atoms with Gasteiger partial charge in [0.2, 0.25) is 5.91 Å². The van der Waals surface area contributed by atoms with E-state index >= 15 is 0 Å². The third-order valence-corrected chi connectivity index (χ3v) is 9.66. The van der Waals surface area contributed by atoms with Crippen LogP contribution < -0.4 is 11.1 Å². The number of amides is 1. The third-order valence-electron chi connectivity index (χ3n) is 9.66. The summed E-state index contributed by atoms with van der Waals surface area (Å²) in [5.74, 6) is -1.29. The molecule has 0 saturated heterocycles. The van der Waals surface area contributed by atoms with Gasteiger partial charge in [0.15, 0.2) is 0 Å². The first-order chi connectivity index (χ1) is 25.4. The highest BCUT2D eigenvalue weighted by Gasteiger charge is 2.18. The molecule has 0 saturated carbocycles. The summed E-state index contributed by atoms with van der Waals surface area (Å²) >= 11 is 0. The zero-order valence-corrected chi connectivity index (χ0v) is 33.9. The SMILES string of the molecule is CCCCCC/C=C\C/C=C\C(CCCCCCCCC(=O)NC(CCCN)C(=O)O)OC(=O)CCCCCCC/C=C\CCCCCCCCC. The van der Waals surface area contributed by atoms with E-state index in [2.05, 4.69) is 55.6 Å². The summed E-state index contributed by atoms with van der Waals surface area (Å²) in [6, 6.07) is -0.856. The zero-order valence-electron chi connectivity index (χ0n) is 33.9. The molecule has 7 nitrogen and oxygen atoms in total. The molecule has 0 aromatic carbocycles. The predicted octanol–water partition coefficient (Wildman–Crippen LogP) is 12.2. The molecule has 0 bridgehead atoms. The van der Waals surface area contributed by atoms with Gasteiger partial charge in [-0.1, -0.05) is 147 Å². The summed E-state index contributed by atoms with van der Waals surface area (Å²) in [6.07, 6.45) is 46.4. The lowest BCUT2D eigenvalue weighted by Crippen LogP contribution is -2.40. The molecule has 52 heavy (non-hydrogen) atoms. The van der Waals surface area contributed by atoms with E-state index in [1.807, 2.05) is 0 Å². The number of nitrogens with one attached hydrogen (secondary N) is 1. The number of unbranched alkanes of at least 4 members (excludes halogenated alkanes) is 21. The average molecular weight is 731 g/mol. The number of allylic oxidation sites excluding steroid dienone is 5. The minimum absolute atomic E-state index is 0.0825. The Morgan fingerprint density at radius 2 is 1.06 bits per heavy atom. The van der Waals surface area contributed by atoms with E-state index in [0.717, 1.165) is 70.6 Å². The number of ether oxygens (including phenoxy) is 1. The van der Waals surface area contributed by atoms with Crippen LogP contribution in [-0.2, 0) is 19.1 Å². The first kappa shape index (κ1) is 49.6. The number of hydrogen-bond donors (Lipinski definition) is 3. The van der Waals surface area contributed by atoms with Crippen LogP contribution in [0.1, 0.15) is 213 Å². The van der Waals surface area contributed by atoms with Crippen LogP contribution in [0.25, 0.3) is 0 Å². The van der Waals surface area contributed by atoms with Gasteiger partial charge in [0.25, 0.3) is 0 Å². The molecule has 2 atom stereocenters. The second-order valence-electron chi connectivity index (χ2n) is 14.7. The number of carboxylic acids is 1. The molecule has 0 fully saturated rings. The number of carbonyl (C=O) groups excluding carboxylic acids is 2. The van der Waals surface area contributed by atoms with Crippen LogP contribution >= 0.6 is 0 Å². The summed E-state index contributed by atoms with van der Waals surface area (Å²) in [4.78, 5) is 36.2. The minimum Gasteiger partial charge on any atom is -0.480 e. The molecule has 0 aliphatic rings. The van der Waals surface area contributed by atoms with E-state index in [1.165, 1.54) is 103 Å². The van der Waals surface area contributed by atoms with Crippen molar-refractivity contribution in [3.63, 3.8) is 0 Å². The van der Waals surface area contributed by atoms with Crippen LogP contribution in [0.4, 0.5) is 0 Å². The van der Waals surface area contributed by atoms with Gasteiger partial charge < -0.3 is 20.9 Å². The molecular formula is C45H82N2O5. The van der Waals surface area contributed by atoms with Crippen LogP contribution in [0.2, 0.25) is 0 Å². The van der Waals surface area contributed by atoms with Crippen molar-refractivity contribution in [2.45, 2.75) is 225 Å². The van der Waals surface area contributed by atoms with Crippen LogP contribution in [0, 0.1) is 0 Å². The number of nitrogens with two attached hydrogens (primary N) is 1. The van der Waals surface area contributed by atoms with Gasteiger partial charge in [0.1, 0.15) is 12.1 Å². The van der Waals surface area contributed by atoms with E-state index in [0.29, 0.717) is 32.2 Å². The highest BCUT2D eigenvalue weighted by atomic mass is 16.5. The normalized spacial score (nSPS) is 13.0.